The van der Waals surface area contributed by atoms with Crippen LogP contribution in [-0.2, 0) is 6.54 Å². The smallest absolute Gasteiger partial charge is 0.405 e. The molecule has 20 heavy (non-hydrogen) atoms. The number of ketones is 1. The summed E-state index contributed by atoms with van der Waals surface area (Å²) < 4.78 is 40.7. The van der Waals surface area contributed by atoms with Gasteiger partial charge >= 0.3 is 6.36 Å². The SMILES string of the molecule is NCc1nc(C(=O)c2ccccc2OC(F)(F)F)cs1. The molecule has 0 aliphatic carbocycles. The molecule has 0 unspecified atom stereocenters. The fourth-order valence-corrected chi connectivity index (χ4v) is 2.17. The highest BCUT2D eigenvalue weighted by molar-refractivity contribution is 7.09. The lowest BCUT2D eigenvalue weighted by molar-refractivity contribution is -0.274. The normalized spacial score (nSPS) is 11.4. The summed E-state index contributed by atoms with van der Waals surface area (Å²) in [6, 6.07) is 5.14. The molecule has 0 aliphatic heterocycles. The third-order valence-electron chi connectivity index (χ3n) is 2.32. The van der Waals surface area contributed by atoms with Crippen molar-refractivity contribution < 1.29 is 22.7 Å². The molecule has 0 bridgehead atoms. The second-order valence-corrected chi connectivity index (χ2v) is 4.65. The van der Waals surface area contributed by atoms with E-state index in [1.54, 1.807) is 0 Å². The maximum Gasteiger partial charge on any atom is 0.573 e. The van der Waals surface area contributed by atoms with Gasteiger partial charge in [0.15, 0.2) is 0 Å². The molecule has 0 saturated heterocycles. The largest absolute Gasteiger partial charge is 0.573 e. The number of carbonyl (C=O) groups is 1. The number of rotatable bonds is 4. The highest BCUT2D eigenvalue weighted by atomic mass is 32.1. The first-order valence-electron chi connectivity index (χ1n) is 5.44. The monoisotopic (exact) mass is 302 g/mol. The molecule has 106 valence electrons. The zero-order chi connectivity index (χ0) is 14.8. The second-order valence-electron chi connectivity index (χ2n) is 3.70. The predicted molar refractivity (Wildman–Crippen MR) is 66.6 cm³/mol. The molecule has 2 rings (SSSR count). The van der Waals surface area contributed by atoms with Crippen LogP contribution in [0, 0.1) is 0 Å². The van der Waals surface area contributed by atoms with Crippen LogP contribution in [0.4, 0.5) is 13.2 Å². The Morgan fingerprint density at radius 2 is 2.05 bits per heavy atom. The molecular formula is C12H9F3N2O2S. The van der Waals surface area contributed by atoms with Crippen molar-refractivity contribution in [1.29, 1.82) is 0 Å². The van der Waals surface area contributed by atoms with Gasteiger partial charge in [-0.2, -0.15) is 0 Å². The predicted octanol–water partition coefficient (Wildman–Crippen LogP) is 2.73. The summed E-state index contributed by atoms with van der Waals surface area (Å²) in [4.78, 5) is 16.1. The fraction of sp³-hybridized carbons (Fsp3) is 0.167. The number of carbonyl (C=O) groups excluding carboxylic acids is 1. The minimum absolute atomic E-state index is 0.0497. The first-order chi connectivity index (χ1) is 9.40. The van der Waals surface area contributed by atoms with Crippen LogP contribution in [0.2, 0.25) is 0 Å². The van der Waals surface area contributed by atoms with Gasteiger partial charge in [-0.3, -0.25) is 4.79 Å². The van der Waals surface area contributed by atoms with Crippen molar-refractivity contribution in [3.8, 4) is 5.75 Å². The van der Waals surface area contributed by atoms with Gasteiger partial charge in [0.05, 0.1) is 5.56 Å². The van der Waals surface area contributed by atoms with E-state index in [1.807, 2.05) is 0 Å². The molecule has 0 saturated carbocycles. The lowest BCUT2D eigenvalue weighted by Crippen LogP contribution is -2.19. The van der Waals surface area contributed by atoms with Crippen LogP contribution in [0.3, 0.4) is 0 Å². The molecule has 2 N–H and O–H groups in total. The summed E-state index contributed by atoms with van der Waals surface area (Å²) in [6.07, 6.45) is -4.86. The van der Waals surface area contributed by atoms with E-state index in [9.17, 15) is 18.0 Å². The minimum Gasteiger partial charge on any atom is -0.405 e. The number of nitrogens with two attached hydrogens (primary N) is 1. The average Bonchev–Trinajstić information content (AvgIpc) is 2.85. The summed E-state index contributed by atoms with van der Waals surface area (Å²) in [6.45, 7) is 0.165. The Morgan fingerprint density at radius 3 is 2.65 bits per heavy atom. The number of halogens is 3. The fourth-order valence-electron chi connectivity index (χ4n) is 1.51. The number of benzene rings is 1. The number of hydrogen-bond acceptors (Lipinski definition) is 5. The van der Waals surface area contributed by atoms with E-state index in [2.05, 4.69) is 9.72 Å². The van der Waals surface area contributed by atoms with E-state index in [0.29, 0.717) is 5.01 Å². The molecule has 0 radical (unpaired) electrons. The van der Waals surface area contributed by atoms with E-state index >= 15 is 0 Å². The van der Waals surface area contributed by atoms with Gasteiger partial charge in [0, 0.05) is 11.9 Å². The van der Waals surface area contributed by atoms with Gasteiger partial charge < -0.3 is 10.5 Å². The Kier molecular flexibility index (Phi) is 4.05. The minimum atomic E-state index is -4.86. The Bertz CT molecular complexity index is 625. The topological polar surface area (TPSA) is 65.2 Å². The molecule has 8 heteroatoms. The number of alkyl halides is 3. The Morgan fingerprint density at radius 1 is 1.35 bits per heavy atom. The van der Waals surface area contributed by atoms with Gasteiger partial charge in [0.25, 0.3) is 0 Å². The summed E-state index contributed by atoms with van der Waals surface area (Å²) in [5.74, 6) is -1.19. The number of hydrogen-bond donors (Lipinski definition) is 1. The molecule has 1 heterocycles. The van der Waals surface area contributed by atoms with Gasteiger partial charge in [-0.25, -0.2) is 4.98 Å². The van der Waals surface area contributed by atoms with Gasteiger partial charge in [0.1, 0.15) is 16.5 Å². The molecule has 2 aromatic rings. The highest BCUT2D eigenvalue weighted by Gasteiger charge is 2.33. The molecule has 0 fully saturated rings. The Balaban J connectivity index is 2.34. The lowest BCUT2D eigenvalue weighted by Gasteiger charge is -2.11. The molecule has 0 aliphatic rings. The van der Waals surface area contributed by atoms with Gasteiger partial charge in [-0.05, 0) is 12.1 Å². The number of aromatic nitrogens is 1. The third kappa shape index (κ3) is 3.34. The highest BCUT2D eigenvalue weighted by Crippen LogP contribution is 2.28. The van der Waals surface area contributed by atoms with Crippen LogP contribution in [0.1, 0.15) is 21.1 Å². The third-order valence-corrected chi connectivity index (χ3v) is 3.19. The summed E-state index contributed by atoms with van der Waals surface area (Å²) in [7, 11) is 0. The zero-order valence-corrected chi connectivity index (χ0v) is 10.8. The van der Waals surface area contributed by atoms with Crippen molar-refractivity contribution in [3.63, 3.8) is 0 Å². The van der Waals surface area contributed by atoms with Crippen molar-refractivity contribution in [2.24, 2.45) is 5.73 Å². The first kappa shape index (κ1) is 14.5. The van der Waals surface area contributed by atoms with E-state index in [0.717, 1.165) is 6.07 Å². The van der Waals surface area contributed by atoms with Crippen LogP contribution in [0.5, 0.6) is 5.75 Å². The Hall–Kier alpha value is -1.93. The first-order valence-corrected chi connectivity index (χ1v) is 6.32. The molecule has 0 atom stereocenters. The van der Waals surface area contributed by atoms with Crippen LogP contribution in [0.15, 0.2) is 29.6 Å². The van der Waals surface area contributed by atoms with E-state index in [4.69, 9.17) is 5.73 Å². The van der Waals surface area contributed by atoms with Gasteiger partial charge in [0.2, 0.25) is 5.78 Å². The number of nitrogens with zero attached hydrogens (tertiary/aromatic N) is 1. The number of ether oxygens (including phenoxy) is 1. The van der Waals surface area contributed by atoms with Crippen molar-refractivity contribution in [2.75, 3.05) is 0 Å². The molecule has 0 spiro atoms. The van der Waals surface area contributed by atoms with Crippen LogP contribution in [0.25, 0.3) is 0 Å². The summed E-state index contributed by atoms with van der Waals surface area (Å²) in [5.41, 5.74) is 5.23. The maximum atomic E-state index is 12.3. The lowest BCUT2D eigenvalue weighted by atomic mass is 10.1. The summed E-state index contributed by atoms with van der Waals surface area (Å²) in [5, 5.41) is 1.98. The standard InChI is InChI=1S/C12H9F3N2O2S/c13-12(14,15)19-9-4-2-1-3-7(9)11(18)8-6-20-10(5-16)17-8/h1-4,6H,5,16H2. The summed E-state index contributed by atoms with van der Waals surface area (Å²) >= 11 is 1.17. The van der Waals surface area contributed by atoms with E-state index in [-0.39, 0.29) is 17.8 Å². The second kappa shape index (κ2) is 5.59. The van der Waals surface area contributed by atoms with Gasteiger partial charge in [-0.15, -0.1) is 24.5 Å². The van der Waals surface area contributed by atoms with Gasteiger partial charge in [-0.1, -0.05) is 12.1 Å². The quantitative estimate of drug-likeness (QED) is 0.882. The average molecular weight is 302 g/mol. The van der Waals surface area contributed by atoms with Crippen LogP contribution < -0.4 is 10.5 Å². The number of para-hydroxylation sites is 1. The van der Waals surface area contributed by atoms with Crippen molar-refractivity contribution in [1.82, 2.24) is 4.98 Å². The van der Waals surface area contributed by atoms with Crippen LogP contribution >= 0.6 is 11.3 Å². The molecule has 1 aromatic heterocycles. The molecule has 1 aromatic carbocycles. The number of thiazole rings is 1. The maximum absolute atomic E-state index is 12.3. The van der Waals surface area contributed by atoms with E-state index in [1.165, 1.54) is 34.9 Å². The van der Waals surface area contributed by atoms with Crippen molar-refractivity contribution >= 4 is 17.1 Å². The molecule has 0 amide bonds. The zero-order valence-electron chi connectivity index (χ0n) is 9.98. The molecular weight excluding hydrogens is 293 g/mol. The van der Waals surface area contributed by atoms with Crippen molar-refractivity contribution in [3.05, 3.63) is 45.9 Å². The van der Waals surface area contributed by atoms with E-state index < -0.39 is 17.9 Å². The van der Waals surface area contributed by atoms with Crippen LogP contribution in [-0.4, -0.2) is 17.1 Å². The Labute approximate surface area is 116 Å². The molecule has 4 nitrogen and oxygen atoms in total. The van der Waals surface area contributed by atoms with Crippen molar-refractivity contribution in [2.45, 2.75) is 12.9 Å².